The number of fused-ring (bicyclic) bond motifs is 1. The molecule has 0 unspecified atom stereocenters. The van der Waals surface area contributed by atoms with Crippen LogP contribution in [0.3, 0.4) is 0 Å². The number of para-hydroxylation sites is 1. The number of hydrogen-bond acceptors (Lipinski definition) is 5. The molecule has 1 saturated carbocycles. The van der Waals surface area contributed by atoms with E-state index < -0.39 is 0 Å². The first-order valence-corrected chi connectivity index (χ1v) is 8.50. The van der Waals surface area contributed by atoms with Gasteiger partial charge in [-0.1, -0.05) is 12.1 Å². The van der Waals surface area contributed by atoms with Gasteiger partial charge in [0.25, 0.3) is 0 Å². The summed E-state index contributed by atoms with van der Waals surface area (Å²) in [5, 5.41) is 4.19. The van der Waals surface area contributed by atoms with Gasteiger partial charge in [0, 0.05) is 24.2 Å². The smallest absolute Gasteiger partial charge is 0.223 e. The Labute approximate surface area is 138 Å². The molecule has 1 fully saturated rings. The molecule has 0 atom stereocenters. The van der Waals surface area contributed by atoms with Crippen LogP contribution in [0.4, 0.5) is 5.95 Å². The summed E-state index contributed by atoms with van der Waals surface area (Å²) in [6, 6.07) is 6.74. The maximum absolute atomic E-state index is 6.29. The Morgan fingerprint density at radius 2 is 2.00 bits per heavy atom. The average Bonchev–Trinajstić information content (AvgIpc) is 2.56. The second kappa shape index (κ2) is 7.13. The number of ether oxygens (including phenoxy) is 1. The number of anilines is 1. The quantitative estimate of drug-likeness (QED) is 0.917. The van der Waals surface area contributed by atoms with Gasteiger partial charge in [-0.2, -0.15) is 0 Å². The van der Waals surface area contributed by atoms with Crippen LogP contribution < -0.4 is 10.1 Å². The monoisotopic (exact) mass is 314 g/mol. The van der Waals surface area contributed by atoms with Crippen molar-refractivity contribution in [3.8, 4) is 5.75 Å². The molecule has 2 aromatic rings. The second-order valence-corrected chi connectivity index (χ2v) is 6.43. The largest absolute Gasteiger partial charge is 0.488 e. The lowest BCUT2D eigenvalue weighted by Crippen LogP contribution is -2.35. The van der Waals surface area contributed by atoms with E-state index in [0.29, 0.717) is 12.0 Å². The summed E-state index contributed by atoms with van der Waals surface area (Å²) in [6.07, 6.45) is 6.74. The van der Waals surface area contributed by atoms with Gasteiger partial charge in [-0.25, -0.2) is 9.97 Å². The van der Waals surface area contributed by atoms with Crippen molar-refractivity contribution >= 4 is 16.9 Å². The zero-order valence-corrected chi connectivity index (χ0v) is 14.2. The minimum Gasteiger partial charge on any atom is -0.488 e. The zero-order valence-electron chi connectivity index (χ0n) is 14.2. The van der Waals surface area contributed by atoms with Crippen LogP contribution in [0.5, 0.6) is 5.75 Å². The van der Waals surface area contributed by atoms with E-state index in [-0.39, 0.29) is 6.10 Å². The Balaban J connectivity index is 1.76. The molecule has 1 N–H and O–H groups in total. The standard InChI is InChI=1S/C18H26N4O/c1-4-19-18-20-12-13-6-5-7-16(17(13)21-18)23-15-10-8-14(9-11-15)22(2)3/h5-7,12,14-15H,4,8-11H2,1-3H3,(H,19,20,21). The van der Waals surface area contributed by atoms with Gasteiger partial charge in [-0.05, 0) is 52.8 Å². The molecule has 1 aromatic carbocycles. The Morgan fingerprint density at radius 3 is 2.70 bits per heavy atom. The molecule has 0 amide bonds. The van der Waals surface area contributed by atoms with E-state index in [1.807, 2.05) is 31.3 Å². The highest BCUT2D eigenvalue weighted by Crippen LogP contribution is 2.29. The van der Waals surface area contributed by atoms with Crippen LogP contribution in [0.25, 0.3) is 10.9 Å². The molecule has 1 heterocycles. The van der Waals surface area contributed by atoms with Gasteiger partial charge in [0.1, 0.15) is 11.3 Å². The lowest BCUT2D eigenvalue weighted by atomic mass is 9.92. The lowest BCUT2D eigenvalue weighted by molar-refractivity contribution is 0.112. The molecule has 3 rings (SSSR count). The van der Waals surface area contributed by atoms with Gasteiger partial charge in [-0.15, -0.1) is 0 Å². The predicted octanol–water partition coefficient (Wildman–Crippen LogP) is 3.31. The van der Waals surface area contributed by atoms with Gasteiger partial charge in [-0.3, -0.25) is 0 Å². The van der Waals surface area contributed by atoms with Crippen LogP contribution >= 0.6 is 0 Å². The van der Waals surface area contributed by atoms with E-state index in [4.69, 9.17) is 4.74 Å². The van der Waals surface area contributed by atoms with E-state index >= 15 is 0 Å². The topological polar surface area (TPSA) is 50.3 Å². The van der Waals surface area contributed by atoms with E-state index in [2.05, 4.69) is 34.3 Å². The van der Waals surface area contributed by atoms with Crippen molar-refractivity contribution in [3.63, 3.8) is 0 Å². The first kappa shape index (κ1) is 16.0. The summed E-state index contributed by atoms with van der Waals surface area (Å²) in [5.74, 6) is 1.53. The Kier molecular flexibility index (Phi) is 4.96. The van der Waals surface area contributed by atoms with Crippen molar-refractivity contribution in [2.45, 2.75) is 44.8 Å². The third-order valence-electron chi connectivity index (χ3n) is 4.58. The fourth-order valence-corrected chi connectivity index (χ4v) is 3.23. The number of aromatic nitrogens is 2. The molecular weight excluding hydrogens is 288 g/mol. The molecule has 0 radical (unpaired) electrons. The van der Waals surface area contributed by atoms with Gasteiger partial charge < -0.3 is 15.0 Å². The first-order valence-electron chi connectivity index (χ1n) is 8.50. The lowest BCUT2D eigenvalue weighted by Gasteiger charge is -2.32. The van der Waals surface area contributed by atoms with Crippen LogP contribution in [0, 0.1) is 0 Å². The molecule has 5 heteroatoms. The Hall–Kier alpha value is -1.88. The maximum atomic E-state index is 6.29. The molecule has 0 spiro atoms. The van der Waals surface area contributed by atoms with Crippen molar-refractivity contribution in [1.82, 2.24) is 14.9 Å². The molecule has 0 saturated heterocycles. The summed E-state index contributed by atoms with van der Waals surface area (Å²) in [7, 11) is 4.32. The summed E-state index contributed by atoms with van der Waals surface area (Å²) in [5.41, 5.74) is 0.896. The van der Waals surface area contributed by atoms with Gasteiger partial charge in [0.2, 0.25) is 5.95 Å². The summed E-state index contributed by atoms with van der Waals surface area (Å²) in [6.45, 7) is 2.85. The van der Waals surface area contributed by atoms with Crippen LogP contribution in [0.15, 0.2) is 24.4 Å². The summed E-state index contributed by atoms with van der Waals surface area (Å²) in [4.78, 5) is 11.3. The number of nitrogens with zero attached hydrogens (tertiary/aromatic N) is 3. The molecule has 23 heavy (non-hydrogen) atoms. The van der Waals surface area contributed by atoms with E-state index in [1.165, 1.54) is 12.8 Å². The number of benzene rings is 1. The van der Waals surface area contributed by atoms with Crippen molar-refractivity contribution in [1.29, 1.82) is 0 Å². The minimum atomic E-state index is 0.286. The van der Waals surface area contributed by atoms with Gasteiger partial charge in [0.15, 0.2) is 0 Å². The number of rotatable bonds is 5. The van der Waals surface area contributed by atoms with E-state index in [9.17, 15) is 0 Å². The van der Waals surface area contributed by atoms with Crippen LogP contribution in [0.2, 0.25) is 0 Å². The summed E-state index contributed by atoms with van der Waals surface area (Å²) >= 11 is 0. The molecule has 1 aliphatic rings. The molecule has 1 aliphatic carbocycles. The fourth-order valence-electron chi connectivity index (χ4n) is 3.23. The van der Waals surface area contributed by atoms with E-state index in [1.54, 1.807) is 0 Å². The van der Waals surface area contributed by atoms with E-state index in [0.717, 1.165) is 36.0 Å². The highest BCUT2D eigenvalue weighted by atomic mass is 16.5. The molecule has 5 nitrogen and oxygen atoms in total. The molecule has 1 aromatic heterocycles. The van der Waals surface area contributed by atoms with Gasteiger partial charge >= 0.3 is 0 Å². The number of hydrogen-bond donors (Lipinski definition) is 1. The first-order chi connectivity index (χ1) is 11.2. The van der Waals surface area contributed by atoms with Gasteiger partial charge in [0.05, 0.1) is 6.10 Å². The van der Waals surface area contributed by atoms with Crippen molar-refractivity contribution in [2.24, 2.45) is 0 Å². The molecule has 0 aliphatic heterocycles. The van der Waals surface area contributed by atoms with Crippen LogP contribution in [0.1, 0.15) is 32.6 Å². The SMILES string of the molecule is CCNc1ncc2cccc(OC3CCC(N(C)C)CC3)c2n1. The highest BCUT2D eigenvalue weighted by Gasteiger charge is 2.24. The van der Waals surface area contributed by atoms with Crippen molar-refractivity contribution in [3.05, 3.63) is 24.4 Å². The third-order valence-corrected chi connectivity index (χ3v) is 4.58. The Morgan fingerprint density at radius 1 is 1.22 bits per heavy atom. The summed E-state index contributed by atoms with van der Waals surface area (Å²) < 4.78 is 6.29. The van der Waals surface area contributed by atoms with Crippen LogP contribution in [-0.2, 0) is 0 Å². The predicted molar refractivity (Wildman–Crippen MR) is 94.1 cm³/mol. The number of nitrogens with one attached hydrogen (secondary N) is 1. The van der Waals surface area contributed by atoms with Crippen molar-refractivity contribution in [2.75, 3.05) is 26.0 Å². The second-order valence-electron chi connectivity index (χ2n) is 6.43. The van der Waals surface area contributed by atoms with Crippen molar-refractivity contribution < 1.29 is 4.74 Å². The highest BCUT2D eigenvalue weighted by molar-refractivity contribution is 5.84. The average molecular weight is 314 g/mol. The zero-order chi connectivity index (χ0) is 16.2. The maximum Gasteiger partial charge on any atom is 0.223 e. The van der Waals surface area contributed by atoms with Crippen LogP contribution in [-0.4, -0.2) is 47.7 Å². The molecule has 0 bridgehead atoms. The molecular formula is C18H26N4O. The fraction of sp³-hybridized carbons (Fsp3) is 0.556. The normalized spacial score (nSPS) is 21.6. The third kappa shape index (κ3) is 3.72. The minimum absolute atomic E-state index is 0.286. The Bertz CT molecular complexity index is 651. The molecule has 124 valence electrons.